The Morgan fingerprint density at radius 1 is 1.06 bits per heavy atom. The second-order valence-corrected chi connectivity index (χ2v) is 10.6. The lowest BCUT2D eigenvalue weighted by Gasteiger charge is -2.32. The first-order valence-electron chi connectivity index (χ1n) is 12.0. The second-order valence-electron chi connectivity index (χ2n) is 8.90. The Balaban J connectivity index is 1.31. The SMILES string of the molecule is Cc1cc(Cl)c(OCCOc2ccc(CC(CN)C(=O)N3CCCc4cc(Br)ccc43)cc2)c(Cl)c1. The van der Waals surface area contributed by atoms with Crippen molar-refractivity contribution >= 4 is 50.7 Å². The molecule has 1 heterocycles. The van der Waals surface area contributed by atoms with Crippen LogP contribution in [-0.2, 0) is 17.6 Å². The minimum Gasteiger partial charge on any atom is -0.490 e. The smallest absolute Gasteiger partial charge is 0.231 e. The molecule has 0 radical (unpaired) electrons. The van der Waals surface area contributed by atoms with E-state index in [1.165, 1.54) is 5.56 Å². The van der Waals surface area contributed by atoms with Gasteiger partial charge in [0.15, 0.2) is 5.75 Å². The van der Waals surface area contributed by atoms with Crippen LogP contribution in [0.4, 0.5) is 5.69 Å². The van der Waals surface area contributed by atoms with E-state index in [0.29, 0.717) is 42.0 Å². The highest BCUT2D eigenvalue weighted by molar-refractivity contribution is 9.10. The van der Waals surface area contributed by atoms with Gasteiger partial charge >= 0.3 is 0 Å². The Kier molecular flexibility index (Phi) is 9.18. The summed E-state index contributed by atoms with van der Waals surface area (Å²) in [7, 11) is 0. The molecule has 1 amide bonds. The van der Waals surface area contributed by atoms with Crippen LogP contribution in [0, 0.1) is 12.8 Å². The molecule has 0 aliphatic carbocycles. The Hall–Kier alpha value is -2.25. The standard InChI is InChI=1S/C28H29BrCl2N2O3/c1-18-13-24(30)27(25(31)14-18)36-12-11-35-23-7-4-19(5-8-23)15-21(17-32)28(34)33-10-2-3-20-16-22(29)6-9-26(20)33/h4-9,13-14,16,21H,2-3,10-12,15,17,32H2,1H3. The highest BCUT2D eigenvalue weighted by Crippen LogP contribution is 2.34. The molecule has 1 unspecified atom stereocenters. The van der Waals surface area contributed by atoms with Crippen LogP contribution in [0.1, 0.15) is 23.1 Å². The fraction of sp³-hybridized carbons (Fsp3) is 0.321. The first-order valence-corrected chi connectivity index (χ1v) is 13.5. The number of carbonyl (C=O) groups is 1. The van der Waals surface area contributed by atoms with Crippen LogP contribution in [0.2, 0.25) is 10.0 Å². The molecule has 3 aromatic rings. The van der Waals surface area contributed by atoms with Gasteiger partial charge in [-0.3, -0.25) is 4.79 Å². The lowest BCUT2D eigenvalue weighted by atomic mass is 9.95. The van der Waals surface area contributed by atoms with Crippen molar-refractivity contribution in [2.75, 3.05) is 31.2 Å². The van der Waals surface area contributed by atoms with Crippen molar-refractivity contribution in [3.63, 3.8) is 0 Å². The van der Waals surface area contributed by atoms with Gasteiger partial charge in [-0.15, -0.1) is 0 Å². The summed E-state index contributed by atoms with van der Waals surface area (Å²) in [4.78, 5) is 15.3. The minimum atomic E-state index is -0.288. The summed E-state index contributed by atoms with van der Waals surface area (Å²) in [6.07, 6.45) is 2.50. The van der Waals surface area contributed by atoms with Gasteiger partial charge in [0.2, 0.25) is 5.91 Å². The van der Waals surface area contributed by atoms with Crippen molar-refractivity contribution < 1.29 is 14.3 Å². The average Bonchev–Trinajstić information content (AvgIpc) is 2.86. The van der Waals surface area contributed by atoms with Crippen molar-refractivity contribution in [2.24, 2.45) is 11.7 Å². The number of benzene rings is 3. The Bertz CT molecular complexity index is 1200. The van der Waals surface area contributed by atoms with E-state index in [9.17, 15) is 4.79 Å². The summed E-state index contributed by atoms with van der Waals surface area (Å²) < 4.78 is 12.5. The second kappa shape index (κ2) is 12.3. The molecule has 36 heavy (non-hydrogen) atoms. The summed E-state index contributed by atoms with van der Waals surface area (Å²) in [6, 6.07) is 17.5. The zero-order chi connectivity index (χ0) is 25.7. The zero-order valence-electron chi connectivity index (χ0n) is 20.1. The predicted molar refractivity (Wildman–Crippen MR) is 150 cm³/mol. The topological polar surface area (TPSA) is 64.8 Å². The first kappa shape index (κ1) is 26.8. The number of nitrogens with two attached hydrogens (primary N) is 1. The number of ether oxygens (including phenoxy) is 2. The fourth-order valence-corrected chi connectivity index (χ4v) is 5.53. The number of amides is 1. The molecular formula is C28H29BrCl2N2O3. The number of anilines is 1. The molecule has 190 valence electrons. The number of hydrogen-bond acceptors (Lipinski definition) is 4. The molecule has 4 rings (SSSR count). The molecule has 0 aromatic heterocycles. The number of halogens is 3. The van der Waals surface area contributed by atoms with Gasteiger partial charge in [-0.25, -0.2) is 0 Å². The molecule has 5 nitrogen and oxygen atoms in total. The summed E-state index contributed by atoms with van der Waals surface area (Å²) in [5.41, 5.74) is 10.2. The third-order valence-corrected chi connectivity index (χ3v) is 7.26. The molecule has 0 saturated heterocycles. The maximum absolute atomic E-state index is 13.4. The summed E-state index contributed by atoms with van der Waals surface area (Å²) in [5, 5.41) is 0.962. The maximum Gasteiger partial charge on any atom is 0.231 e. The Labute approximate surface area is 230 Å². The molecular weight excluding hydrogens is 563 g/mol. The summed E-state index contributed by atoms with van der Waals surface area (Å²) in [6.45, 7) is 3.58. The maximum atomic E-state index is 13.4. The van der Waals surface area contributed by atoms with Crippen LogP contribution < -0.4 is 20.1 Å². The van der Waals surface area contributed by atoms with E-state index in [1.54, 1.807) is 0 Å². The van der Waals surface area contributed by atoms with Crippen molar-refractivity contribution in [2.45, 2.75) is 26.2 Å². The van der Waals surface area contributed by atoms with Crippen molar-refractivity contribution in [1.29, 1.82) is 0 Å². The van der Waals surface area contributed by atoms with Crippen molar-refractivity contribution in [3.8, 4) is 11.5 Å². The Morgan fingerprint density at radius 2 is 1.75 bits per heavy atom. The van der Waals surface area contributed by atoms with Gasteiger partial charge in [0, 0.05) is 23.2 Å². The lowest BCUT2D eigenvalue weighted by Crippen LogP contribution is -2.42. The molecule has 0 fully saturated rings. The van der Waals surface area contributed by atoms with E-state index in [2.05, 4.69) is 22.0 Å². The van der Waals surface area contributed by atoms with Gasteiger partial charge in [-0.05, 0) is 85.3 Å². The molecule has 3 aromatic carbocycles. The van der Waals surface area contributed by atoms with Gasteiger partial charge in [0.25, 0.3) is 0 Å². The number of nitrogens with zero attached hydrogens (tertiary/aromatic N) is 1. The van der Waals surface area contributed by atoms with Gasteiger partial charge < -0.3 is 20.1 Å². The summed E-state index contributed by atoms with van der Waals surface area (Å²) in [5.74, 6) is 0.967. The van der Waals surface area contributed by atoms with E-state index < -0.39 is 0 Å². The molecule has 2 N–H and O–H groups in total. The average molecular weight is 592 g/mol. The number of rotatable bonds is 9. The van der Waals surface area contributed by atoms with E-state index in [0.717, 1.165) is 46.4 Å². The molecule has 1 aliphatic heterocycles. The van der Waals surface area contributed by atoms with E-state index >= 15 is 0 Å². The number of fused-ring (bicyclic) bond motifs is 1. The highest BCUT2D eigenvalue weighted by atomic mass is 79.9. The van der Waals surface area contributed by atoms with Crippen molar-refractivity contribution in [1.82, 2.24) is 0 Å². The van der Waals surface area contributed by atoms with Crippen molar-refractivity contribution in [3.05, 3.63) is 85.8 Å². The first-order chi connectivity index (χ1) is 17.4. The predicted octanol–water partition coefficient (Wildman–Crippen LogP) is 6.62. The quantitative estimate of drug-likeness (QED) is 0.284. The van der Waals surface area contributed by atoms with E-state index in [1.807, 2.05) is 60.4 Å². The van der Waals surface area contributed by atoms with Gasteiger partial charge in [-0.1, -0.05) is 51.3 Å². The van der Waals surface area contributed by atoms with E-state index in [-0.39, 0.29) is 11.8 Å². The van der Waals surface area contributed by atoms with Crippen LogP contribution in [0.15, 0.2) is 59.1 Å². The molecule has 0 bridgehead atoms. The molecule has 1 atom stereocenters. The largest absolute Gasteiger partial charge is 0.490 e. The van der Waals surface area contributed by atoms with Crippen LogP contribution in [-0.4, -0.2) is 32.2 Å². The minimum absolute atomic E-state index is 0.0756. The normalized spacial score (nSPS) is 13.8. The lowest BCUT2D eigenvalue weighted by molar-refractivity contribution is -0.122. The molecule has 8 heteroatoms. The van der Waals surface area contributed by atoms with Crippen LogP contribution in [0.5, 0.6) is 11.5 Å². The van der Waals surface area contributed by atoms with Crippen LogP contribution in [0.3, 0.4) is 0 Å². The Morgan fingerprint density at radius 3 is 2.44 bits per heavy atom. The van der Waals surface area contributed by atoms with Gasteiger partial charge in [-0.2, -0.15) is 0 Å². The number of aryl methyl sites for hydroxylation is 2. The fourth-order valence-electron chi connectivity index (χ4n) is 4.42. The number of hydrogen-bond donors (Lipinski definition) is 1. The summed E-state index contributed by atoms with van der Waals surface area (Å²) >= 11 is 16.0. The molecule has 0 spiro atoms. The molecule has 1 aliphatic rings. The van der Waals surface area contributed by atoms with E-state index in [4.69, 9.17) is 38.4 Å². The van der Waals surface area contributed by atoms with Crippen LogP contribution >= 0.6 is 39.1 Å². The highest BCUT2D eigenvalue weighted by Gasteiger charge is 2.28. The van der Waals surface area contributed by atoms with Crippen LogP contribution in [0.25, 0.3) is 0 Å². The van der Waals surface area contributed by atoms with Gasteiger partial charge in [0.1, 0.15) is 19.0 Å². The third kappa shape index (κ3) is 6.54. The third-order valence-electron chi connectivity index (χ3n) is 6.21. The monoisotopic (exact) mass is 590 g/mol. The number of carbonyl (C=O) groups excluding carboxylic acids is 1. The molecule has 0 saturated carbocycles. The zero-order valence-corrected chi connectivity index (χ0v) is 23.2. The van der Waals surface area contributed by atoms with Gasteiger partial charge in [0.05, 0.1) is 16.0 Å².